The number of Topliss-reactive ketones (excluding diaryl/α,β-unsaturated/α-hetero) is 1. The summed E-state index contributed by atoms with van der Waals surface area (Å²) in [5.41, 5.74) is -0.0724. The molecule has 0 fully saturated rings. The van der Waals surface area contributed by atoms with Crippen molar-refractivity contribution < 1.29 is 16.4 Å². The van der Waals surface area contributed by atoms with Crippen molar-refractivity contribution in [3.05, 3.63) is 65.7 Å². The first-order valence-corrected chi connectivity index (χ1v) is 5.18. The van der Waals surface area contributed by atoms with Crippen LogP contribution in [0.15, 0.2) is 54.5 Å². The fourth-order valence-corrected chi connectivity index (χ4v) is 1.65. The molecule has 0 N–H and O–H groups in total. The highest BCUT2D eigenvalue weighted by Crippen LogP contribution is 2.34. The van der Waals surface area contributed by atoms with E-state index in [1.807, 2.05) is 0 Å². The molecule has 1 aliphatic rings. The van der Waals surface area contributed by atoms with Crippen molar-refractivity contribution in [2.75, 3.05) is 0 Å². The maximum absolute atomic E-state index is 12.5. The Morgan fingerprint density at radius 3 is 2.94 bits per heavy atom. The maximum atomic E-state index is 12.5. The number of ketones is 1. The quantitative estimate of drug-likeness (QED) is 0.749. The fourth-order valence-electron chi connectivity index (χ4n) is 1.65. The Morgan fingerprint density at radius 1 is 1.29 bits per heavy atom. The second kappa shape index (κ2) is 4.06. The average Bonchev–Trinajstić information content (AvgIpc) is 2.50. The zero-order chi connectivity index (χ0) is 16.1. The number of carbonyl (C=O) groups excluding carboxylic acids is 1. The van der Waals surface area contributed by atoms with Crippen LogP contribution in [-0.2, 0) is 0 Å². The maximum Gasteiger partial charge on any atom is 0.170 e. The van der Waals surface area contributed by atoms with Crippen molar-refractivity contribution >= 4 is 5.78 Å². The molecule has 0 bridgehead atoms. The first-order valence-electron chi connectivity index (χ1n) is 7.68. The molecule has 0 aromatic heterocycles. The molecular weight excluding hydrogens is 212 g/mol. The third kappa shape index (κ3) is 1.82. The van der Waals surface area contributed by atoms with Gasteiger partial charge in [-0.05, 0) is 17.7 Å². The van der Waals surface area contributed by atoms with Crippen LogP contribution in [0.2, 0.25) is 0 Å². The molecule has 2 heteroatoms. The third-order valence-corrected chi connectivity index (χ3v) is 2.46. The Morgan fingerprint density at radius 2 is 2.12 bits per heavy atom. The van der Waals surface area contributed by atoms with Gasteiger partial charge in [0, 0.05) is 2.74 Å². The van der Waals surface area contributed by atoms with Crippen molar-refractivity contribution in [2.45, 2.75) is 12.5 Å². The smallest absolute Gasteiger partial charge is 0.170 e. The molecule has 2 nitrogen and oxygen atoms in total. The summed E-state index contributed by atoms with van der Waals surface area (Å²) in [6, 6.07) is 10.1. The number of hydrogen-bond donors (Lipinski definition) is 0. The molecule has 2 aromatic rings. The normalized spacial score (nSPS) is 29.9. The predicted octanol–water partition coefficient (Wildman–Crippen LogP) is 3.39. The topological polar surface area (TPSA) is 26.3 Å². The van der Waals surface area contributed by atoms with Gasteiger partial charge in [0.15, 0.2) is 5.78 Å². The zero-order valence-corrected chi connectivity index (χ0v) is 8.86. The zero-order valence-electron chi connectivity index (χ0n) is 13.9. The van der Waals surface area contributed by atoms with E-state index in [1.165, 1.54) is 24.3 Å². The molecule has 1 aliphatic heterocycles. The number of fused-ring (bicyclic) bond motifs is 1. The number of para-hydroxylation sites is 1. The third-order valence-electron chi connectivity index (χ3n) is 2.46. The molecule has 0 spiro atoms. The van der Waals surface area contributed by atoms with Crippen LogP contribution >= 0.6 is 0 Å². The Kier molecular flexibility index (Phi) is 1.43. The molecular formula is C15H12O2. The van der Waals surface area contributed by atoms with E-state index < -0.39 is 18.2 Å². The Labute approximate surface area is 107 Å². The molecule has 3 rings (SSSR count). The van der Waals surface area contributed by atoms with Gasteiger partial charge in [-0.3, -0.25) is 4.79 Å². The number of rotatable bonds is 1. The van der Waals surface area contributed by atoms with E-state index in [1.54, 1.807) is 18.2 Å². The molecule has 1 atom stereocenters. The van der Waals surface area contributed by atoms with Crippen molar-refractivity contribution in [1.29, 1.82) is 0 Å². The van der Waals surface area contributed by atoms with Gasteiger partial charge in [-0.15, -0.1) is 0 Å². The van der Waals surface area contributed by atoms with Crippen LogP contribution in [0.3, 0.4) is 0 Å². The highest BCUT2D eigenvalue weighted by Gasteiger charge is 2.26. The van der Waals surface area contributed by atoms with Crippen LogP contribution in [0.25, 0.3) is 0 Å². The van der Waals surface area contributed by atoms with Crippen molar-refractivity contribution in [2.24, 2.45) is 0 Å². The summed E-state index contributed by atoms with van der Waals surface area (Å²) in [6.45, 7) is 0. The summed E-state index contributed by atoms with van der Waals surface area (Å²) < 4.78 is 45.5. The summed E-state index contributed by atoms with van der Waals surface area (Å²) in [5, 5.41) is 0. The molecule has 0 saturated carbocycles. The van der Waals surface area contributed by atoms with Crippen LogP contribution in [0.5, 0.6) is 5.75 Å². The first kappa shape index (κ1) is 6.01. The van der Waals surface area contributed by atoms with E-state index in [0.717, 1.165) is 0 Å². The van der Waals surface area contributed by atoms with Crippen LogP contribution < -0.4 is 4.74 Å². The minimum absolute atomic E-state index is 0.0417. The van der Waals surface area contributed by atoms with E-state index >= 15 is 0 Å². The van der Waals surface area contributed by atoms with Crippen LogP contribution in [0.1, 0.15) is 35.2 Å². The summed E-state index contributed by atoms with van der Waals surface area (Å²) in [7, 11) is 0. The van der Waals surface area contributed by atoms with Crippen molar-refractivity contribution in [1.82, 2.24) is 0 Å². The van der Waals surface area contributed by atoms with E-state index in [0.29, 0.717) is 0 Å². The molecule has 84 valence electrons. The van der Waals surface area contributed by atoms with Crippen molar-refractivity contribution in [3.63, 3.8) is 0 Å². The molecule has 1 unspecified atom stereocenters. The van der Waals surface area contributed by atoms with Crippen LogP contribution in [-0.4, -0.2) is 5.78 Å². The average molecular weight is 229 g/mol. The highest BCUT2D eigenvalue weighted by atomic mass is 16.5. The summed E-state index contributed by atoms with van der Waals surface area (Å²) in [6.07, 6.45) is -4.92. The molecule has 0 radical (unpaired) electrons. The minimum atomic E-state index is -2.68. The lowest BCUT2D eigenvalue weighted by molar-refractivity contribution is 0.0850. The van der Waals surface area contributed by atoms with Gasteiger partial charge in [0.05, 0.1) is 16.0 Å². The predicted molar refractivity (Wildman–Crippen MR) is 65.2 cm³/mol. The number of benzene rings is 2. The summed E-state index contributed by atoms with van der Waals surface area (Å²) in [5.74, 6) is -1.05. The van der Waals surface area contributed by atoms with Gasteiger partial charge in [-0.1, -0.05) is 42.4 Å². The van der Waals surface area contributed by atoms with Crippen LogP contribution in [0.4, 0.5) is 0 Å². The lowest BCUT2D eigenvalue weighted by Gasteiger charge is -2.25. The van der Waals surface area contributed by atoms with Gasteiger partial charge in [0.2, 0.25) is 0 Å². The molecule has 1 heterocycles. The second-order valence-corrected chi connectivity index (χ2v) is 3.59. The molecule has 17 heavy (non-hydrogen) atoms. The fraction of sp³-hybridized carbons (Fsp3) is 0.133. The monoisotopic (exact) mass is 229 g/mol. The highest BCUT2D eigenvalue weighted by molar-refractivity contribution is 5.99. The number of carbonyl (C=O) groups is 1. The lowest BCUT2D eigenvalue weighted by atomic mass is 9.96. The molecule has 0 saturated heterocycles. The second-order valence-electron chi connectivity index (χ2n) is 3.59. The minimum Gasteiger partial charge on any atom is -0.484 e. The van der Waals surface area contributed by atoms with Gasteiger partial charge in [-0.2, -0.15) is 0 Å². The molecule has 2 aromatic carbocycles. The van der Waals surface area contributed by atoms with Gasteiger partial charge in [0.1, 0.15) is 11.8 Å². The van der Waals surface area contributed by atoms with Gasteiger partial charge in [-0.25, -0.2) is 0 Å². The van der Waals surface area contributed by atoms with Crippen molar-refractivity contribution in [3.8, 4) is 5.75 Å². The summed E-state index contributed by atoms with van der Waals surface area (Å²) in [4.78, 5) is 12.5. The van der Waals surface area contributed by atoms with Gasteiger partial charge in [0.25, 0.3) is 0 Å². The molecule has 0 aliphatic carbocycles. The SMILES string of the molecule is [2H]c1ccc2c(c1[2H])C(=O)C([2H])([2H])C([2H])(c1ccccc1)O2. The Hall–Kier alpha value is -2.09. The molecule has 0 amide bonds. The van der Waals surface area contributed by atoms with Crippen LogP contribution in [0, 0.1) is 0 Å². The Bertz CT molecular complexity index is 760. The van der Waals surface area contributed by atoms with E-state index in [4.69, 9.17) is 11.6 Å². The first-order chi connectivity index (χ1) is 10.3. The summed E-state index contributed by atoms with van der Waals surface area (Å²) >= 11 is 0. The Balaban J connectivity index is 2.25. The standard InChI is InChI=1S/C15H12O2/c16-13-10-15(11-6-2-1-3-7-11)17-14-9-5-4-8-12(13)14/h1-9,15H,10H2/i4D,8D,10D2,15D. The number of ether oxygens (including phenoxy) is 1. The van der Waals surface area contributed by atoms with Gasteiger partial charge < -0.3 is 4.74 Å². The van der Waals surface area contributed by atoms with E-state index in [9.17, 15) is 4.79 Å². The number of hydrogen-bond acceptors (Lipinski definition) is 2. The lowest BCUT2D eigenvalue weighted by Crippen LogP contribution is -2.20. The largest absolute Gasteiger partial charge is 0.484 e. The van der Waals surface area contributed by atoms with E-state index in [-0.39, 0.29) is 29.0 Å². The van der Waals surface area contributed by atoms with Gasteiger partial charge >= 0.3 is 0 Å². The van der Waals surface area contributed by atoms with E-state index in [2.05, 4.69) is 0 Å².